The molecule has 0 bridgehead atoms. The first-order valence-electron chi connectivity index (χ1n) is 5.39. The molecule has 2 nitrogen and oxygen atoms in total. The van der Waals surface area contributed by atoms with Crippen molar-refractivity contribution in [2.45, 2.75) is 58.1 Å². The van der Waals surface area contributed by atoms with Crippen molar-refractivity contribution in [1.29, 1.82) is 0 Å². The van der Waals surface area contributed by atoms with Crippen molar-refractivity contribution < 1.29 is 13.9 Å². The van der Waals surface area contributed by atoms with Crippen LogP contribution < -0.4 is 0 Å². The third kappa shape index (κ3) is 8.73. The minimum absolute atomic E-state index is 0.0635. The molecule has 0 radical (unpaired) electrons. The highest BCUT2D eigenvalue weighted by atomic mass is 32.2. The maximum atomic E-state index is 12.5. The van der Waals surface area contributed by atoms with Gasteiger partial charge in [0, 0.05) is 0 Å². The number of hydrogen-bond acceptors (Lipinski definition) is 3. The maximum absolute atomic E-state index is 12.5. The number of esters is 1. The summed E-state index contributed by atoms with van der Waals surface area (Å²) in [4.78, 5) is 11.4. The predicted molar refractivity (Wildman–Crippen MR) is 63.0 cm³/mol. The second kappa shape index (κ2) is 7.97. The molecule has 15 heavy (non-hydrogen) atoms. The number of ether oxygens (including phenoxy) is 1. The van der Waals surface area contributed by atoms with Gasteiger partial charge in [-0.25, -0.2) is 4.39 Å². The van der Waals surface area contributed by atoms with E-state index in [1.165, 1.54) is 11.8 Å². The Morgan fingerprint density at radius 2 is 1.93 bits per heavy atom. The summed E-state index contributed by atoms with van der Waals surface area (Å²) in [6.07, 6.45) is 0.565. The first-order chi connectivity index (χ1) is 6.93. The topological polar surface area (TPSA) is 26.3 Å². The fourth-order valence-corrected chi connectivity index (χ4v) is 1.90. The Labute approximate surface area is 96.0 Å². The van der Waals surface area contributed by atoms with Gasteiger partial charge in [0.25, 0.3) is 0 Å². The van der Waals surface area contributed by atoms with Crippen LogP contribution in [0, 0.1) is 0 Å². The van der Waals surface area contributed by atoms with Gasteiger partial charge in [-0.15, -0.1) is 11.8 Å². The van der Waals surface area contributed by atoms with E-state index in [2.05, 4.69) is 0 Å². The summed E-state index contributed by atoms with van der Waals surface area (Å²) in [5.74, 6) is 0.631. The van der Waals surface area contributed by atoms with Crippen molar-refractivity contribution in [3.05, 3.63) is 0 Å². The van der Waals surface area contributed by atoms with Crippen LogP contribution in [0.4, 0.5) is 4.39 Å². The maximum Gasteiger partial charge on any atom is 0.319 e. The molecule has 2 unspecified atom stereocenters. The van der Waals surface area contributed by atoms with Gasteiger partial charge in [0.15, 0.2) is 0 Å². The smallest absolute Gasteiger partial charge is 0.319 e. The van der Waals surface area contributed by atoms with Crippen LogP contribution in [0.3, 0.4) is 0 Å². The molecule has 0 saturated carbocycles. The van der Waals surface area contributed by atoms with Crippen molar-refractivity contribution in [2.24, 2.45) is 0 Å². The molecule has 0 spiro atoms. The third-order valence-electron chi connectivity index (χ3n) is 1.80. The van der Waals surface area contributed by atoms with Gasteiger partial charge in [0.1, 0.15) is 0 Å². The van der Waals surface area contributed by atoms with E-state index in [1.807, 2.05) is 20.8 Å². The average molecular weight is 236 g/mol. The van der Waals surface area contributed by atoms with Crippen molar-refractivity contribution in [3.8, 4) is 0 Å². The lowest BCUT2D eigenvalue weighted by Crippen LogP contribution is -2.21. The van der Waals surface area contributed by atoms with Gasteiger partial charge in [-0.2, -0.15) is 0 Å². The zero-order valence-electron chi connectivity index (χ0n) is 9.96. The fourth-order valence-electron chi connectivity index (χ4n) is 1.02. The molecule has 0 aromatic rings. The van der Waals surface area contributed by atoms with Gasteiger partial charge in [0.05, 0.1) is 17.5 Å². The Morgan fingerprint density at radius 1 is 1.33 bits per heavy atom. The first kappa shape index (κ1) is 14.8. The summed E-state index contributed by atoms with van der Waals surface area (Å²) < 4.78 is 17.5. The van der Waals surface area contributed by atoms with Crippen LogP contribution in [0.5, 0.6) is 0 Å². The second-order valence-electron chi connectivity index (χ2n) is 3.92. The molecule has 0 aliphatic heterocycles. The fraction of sp³-hybridized carbons (Fsp3) is 0.909. The molecule has 4 heteroatoms. The Kier molecular flexibility index (Phi) is 7.83. The predicted octanol–water partition coefficient (Wildman–Crippen LogP) is 3.20. The highest BCUT2D eigenvalue weighted by Crippen LogP contribution is 2.15. The largest absolute Gasteiger partial charge is 0.462 e. The normalized spacial score (nSPS) is 15.1. The summed E-state index contributed by atoms with van der Waals surface area (Å²) in [6, 6.07) is 0. The molecule has 90 valence electrons. The molecule has 0 aliphatic carbocycles. The zero-order valence-corrected chi connectivity index (χ0v) is 10.8. The molecule has 0 N–H and O–H groups in total. The number of rotatable bonds is 7. The molecule has 0 rings (SSSR count). The van der Waals surface area contributed by atoms with Gasteiger partial charge >= 0.3 is 5.97 Å². The average Bonchev–Trinajstić information content (AvgIpc) is 2.10. The summed E-state index contributed by atoms with van der Waals surface area (Å²) in [5, 5.41) is -0.151. The lowest BCUT2D eigenvalue weighted by Gasteiger charge is -2.13. The van der Waals surface area contributed by atoms with Crippen LogP contribution in [0.1, 0.15) is 40.5 Å². The number of hydrogen-bond donors (Lipinski definition) is 0. The number of carbonyl (C=O) groups is 1. The van der Waals surface area contributed by atoms with Gasteiger partial charge in [-0.3, -0.25) is 4.79 Å². The molecule has 0 fully saturated rings. The summed E-state index contributed by atoms with van der Waals surface area (Å²) in [5.41, 5.74) is 0. The molecule has 0 saturated heterocycles. The van der Waals surface area contributed by atoms with Gasteiger partial charge in [-0.1, -0.05) is 0 Å². The summed E-state index contributed by atoms with van der Waals surface area (Å²) in [6.45, 7) is 7.05. The minimum Gasteiger partial charge on any atom is -0.462 e. The van der Waals surface area contributed by atoms with E-state index in [9.17, 15) is 9.18 Å². The molecule has 0 aromatic carbocycles. The van der Waals surface area contributed by atoms with E-state index in [4.69, 9.17) is 4.74 Å². The molecule has 0 amide bonds. The lowest BCUT2D eigenvalue weighted by atomic mass is 10.2. The molecule has 2 atom stereocenters. The van der Waals surface area contributed by atoms with Crippen LogP contribution in [0.25, 0.3) is 0 Å². The molecular weight excluding hydrogens is 215 g/mol. The van der Waals surface area contributed by atoms with Gasteiger partial charge < -0.3 is 4.74 Å². The second-order valence-corrected chi connectivity index (χ2v) is 5.37. The van der Waals surface area contributed by atoms with Crippen molar-refractivity contribution in [1.82, 2.24) is 0 Å². The van der Waals surface area contributed by atoms with E-state index in [1.54, 1.807) is 6.92 Å². The van der Waals surface area contributed by atoms with E-state index in [0.717, 1.165) is 12.2 Å². The van der Waals surface area contributed by atoms with E-state index in [0.29, 0.717) is 6.42 Å². The number of halogens is 1. The van der Waals surface area contributed by atoms with Crippen LogP contribution in [0.2, 0.25) is 0 Å². The Hall–Kier alpha value is -0.250. The monoisotopic (exact) mass is 236 g/mol. The Balaban J connectivity index is 3.55. The summed E-state index contributed by atoms with van der Waals surface area (Å²) in [7, 11) is 0. The van der Waals surface area contributed by atoms with E-state index >= 15 is 0 Å². The van der Waals surface area contributed by atoms with Crippen molar-refractivity contribution in [2.75, 3.05) is 5.75 Å². The van der Waals surface area contributed by atoms with Crippen molar-refractivity contribution in [3.63, 3.8) is 0 Å². The number of carbonyl (C=O) groups excluding carboxylic acids is 1. The minimum atomic E-state index is -0.747. The van der Waals surface area contributed by atoms with Crippen LogP contribution in [0.15, 0.2) is 0 Å². The highest BCUT2D eigenvalue weighted by molar-refractivity contribution is 8.00. The third-order valence-corrected chi connectivity index (χ3v) is 3.01. The van der Waals surface area contributed by atoms with E-state index < -0.39 is 6.17 Å². The molecule has 0 aliphatic rings. The lowest BCUT2D eigenvalue weighted by molar-refractivity contribution is -0.146. The van der Waals surface area contributed by atoms with Crippen LogP contribution >= 0.6 is 11.8 Å². The SMILES string of the molecule is CC(F)CCCSC(C)C(=O)OC(C)C. The van der Waals surface area contributed by atoms with Gasteiger partial charge in [-0.05, 0) is 46.3 Å². The highest BCUT2D eigenvalue weighted by Gasteiger charge is 2.15. The number of thioether (sulfide) groups is 1. The quantitative estimate of drug-likeness (QED) is 0.501. The van der Waals surface area contributed by atoms with E-state index in [-0.39, 0.29) is 17.3 Å². The van der Waals surface area contributed by atoms with Gasteiger partial charge in [0.2, 0.25) is 0 Å². The Morgan fingerprint density at radius 3 is 2.40 bits per heavy atom. The Bertz CT molecular complexity index is 183. The molecular formula is C11H21FO2S. The molecule has 0 heterocycles. The molecule has 0 aromatic heterocycles. The first-order valence-corrected chi connectivity index (χ1v) is 6.44. The standard InChI is InChI=1S/C11H21FO2S/c1-8(2)14-11(13)10(4)15-7-5-6-9(3)12/h8-10H,5-7H2,1-4H3. The van der Waals surface area contributed by atoms with Crippen LogP contribution in [-0.4, -0.2) is 29.2 Å². The van der Waals surface area contributed by atoms with Crippen LogP contribution in [-0.2, 0) is 9.53 Å². The summed E-state index contributed by atoms with van der Waals surface area (Å²) >= 11 is 1.53. The number of alkyl halides is 1. The van der Waals surface area contributed by atoms with Crippen molar-refractivity contribution >= 4 is 17.7 Å². The zero-order chi connectivity index (χ0) is 11.8.